The molecule has 4 nitrogen and oxygen atoms in total. The summed E-state index contributed by atoms with van der Waals surface area (Å²) in [6.07, 6.45) is 2.17. The average molecular weight is 267 g/mol. The predicted octanol–water partition coefficient (Wildman–Crippen LogP) is 1.59. The minimum atomic E-state index is -3.39. The van der Waals surface area contributed by atoms with Crippen molar-refractivity contribution in [3.8, 4) is 0 Å². The van der Waals surface area contributed by atoms with Crippen molar-refractivity contribution in [1.29, 1.82) is 0 Å². The molecule has 1 fully saturated rings. The van der Waals surface area contributed by atoms with E-state index in [1.807, 2.05) is 6.92 Å². The number of hydrogen-bond acceptors (Lipinski definition) is 3. The van der Waals surface area contributed by atoms with Gasteiger partial charge in [-0.1, -0.05) is 17.7 Å². The summed E-state index contributed by atoms with van der Waals surface area (Å²) in [5, 5.41) is 0. The van der Waals surface area contributed by atoms with Crippen molar-refractivity contribution in [3.05, 3.63) is 29.8 Å². The topological polar surface area (TPSA) is 54.5 Å². The first kappa shape index (κ1) is 13.2. The van der Waals surface area contributed by atoms with E-state index in [0.717, 1.165) is 11.8 Å². The molecular formula is C13H17NO3S. The number of rotatable bonds is 3. The zero-order valence-electron chi connectivity index (χ0n) is 10.4. The summed E-state index contributed by atoms with van der Waals surface area (Å²) < 4.78 is 26.1. The fourth-order valence-corrected chi connectivity index (χ4v) is 3.58. The lowest BCUT2D eigenvalue weighted by molar-refractivity contribution is -0.112. The van der Waals surface area contributed by atoms with Crippen LogP contribution in [0, 0.1) is 12.8 Å². The molecule has 0 aliphatic carbocycles. The highest BCUT2D eigenvalue weighted by Gasteiger charge is 2.28. The van der Waals surface area contributed by atoms with Crippen LogP contribution in [0.3, 0.4) is 0 Å². The Morgan fingerprint density at radius 3 is 2.22 bits per heavy atom. The van der Waals surface area contributed by atoms with Crippen LogP contribution in [0.5, 0.6) is 0 Å². The number of hydrogen-bond donors (Lipinski definition) is 0. The maximum absolute atomic E-state index is 12.3. The number of aryl methyl sites for hydroxylation is 1. The van der Waals surface area contributed by atoms with Crippen molar-refractivity contribution in [2.75, 3.05) is 13.1 Å². The van der Waals surface area contributed by atoms with Gasteiger partial charge in [0.25, 0.3) is 0 Å². The van der Waals surface area contributed by atoms with Crippen molar-refractivity contribution in [1.82, 2.24) is 4.31 Å². The Labute approximate surface area is 108 Å². The van der Waals surface area contributed by atoms with Crippen LogP contribution >= 0.6 is 0 Å². The molecule has 98 valence electrons. The minimum Gasteiger partial charge on any atom is -0.303 e. The van der Waals surface area contributed by atoms with Gasteiger partial charge in [0.05, 0.1) is 4.90 Å². The molecule has 2 rings (SSSR count). The lowest BCUT2D eigenvalue weighted by Gasteiger charge is -2.28. The van der Waals surface area contributed by atoms with Gasteiger partial charge < -0.3 is 4.79 Å². The van der Waals surface area contributed by atoms with Gasteiger partial charge in [-0.25, -0.2) is 8.42 Å². The molecule has 5 heteroatoms. The molecule has 1 aromatic carbocycles. The molecule has 0 unspecified atom stereocenters. The van der Waals surface area contributed by atoms with Gasteiger partial charge >= 0.3 is 0 Å². The maximum Gasteiger partial charge on any atom is 0.243 e. The van der Waals surface area contributed by atoms with Gasteiger partial charge in [-0.3, -0.25) is 0 Å². The third kappa shape index (κ3) is 2.62. The highest BCUT2D eigenvalue weighted by molar-refractivity contribution is 7.89. The number of nitrogens with zero attached hydrogens (tertiary/aromatic N) is 1. The van der Waals surface area contributed by atoms with Crippen LogP contribution < -0.4 is 0 Å². The van der Waals surface area contributed by atoms with Crippen LogP contribution in [0.1, 0.15) is 18.4 Å². The molecule has 0 amide bonds. The smallest absolute Gasteiger partial charge is 0.243 e. The SMILES string of the molecule is Cc1ccc(S(=O)(=O)N2CCC(C=O)CC2)cc1. The normalized spacial score (nSPS) is 18.7. The quantitative estimate of drug-likeness (QED) is 0.782. The summed E-state index contributed by atoms with van der Waals surface area (Å²) in [7, 11) is -3.39. The Bertz CT molecular complexity index is 514. The molecule has 0 bridgehead atoms. The minimum absolute atomic E-state index is 0.00877. The van der Waals surface area contributed by atoms with E-state index < -0.39 is 10.0 Å². The Morgan fingerprint density at radius 1 is 1.17 bits per heavy atom. The molecule has 0 N–H and O–H groups in total. The molecule has 1 aliphatic heterocycles. The van der Waals surface area contributed by atoms with Gasteiger partial charge in [0, 0.05) is 19.0 Å². The number of benzene rings is 1. The first-order valence-corrected chi connectivity index (χ1v) is 7.50. The summed E-state index contributed by atoms with van der Waals surface area (Å²) in [5.41, 5.74) is 1.04. The monoisotopic (exact) mass is 267 g/mol. The third-order valence-electron chi connectivity index (χ3n) is 3.35. The van der Waals surface area contributed by atoms with Crippen LogP contribution in [0.4, 0.5) is 0 Å². The predicted molar refractivity (Wildman–Crippen MR) is 68.7 cm³/mol. The number of piperidine rings is 1. The Hall–Kier alpha value is -1.20. The van der Waals surface area contributed by atoms with Gasteiger partial charge in [0.2, 0.25) is 10.0 Å². The fourth-order valence-electron chi connectivity index (χ4n) is 2.11. The first-order chi connectivity index (χ1) is 8.54. The zero-order valence-corrected chi connectivity index (χ0v) is 11.2. The van der Waals surface area contributed by atoms with Crippen molar-refractivity contribution in [3.63, 3.8) is 0 Å². The summed E-state index contributed by atoms with van der Waals surface area (Å²) in [5.74, 6) is 0.00877. The molecule has 1 saturated heterocycles. The third-order valence-corrected chi connectivity index (χ3v) is 5.26. The van der Waals surface area contributed by atoms with Crippen molar-refractivity contribution >= 4 is 16.3 Å². The Morgan fingerprint density at radius 2 is 1.72 bits per heavy atom. The van der Waals surface area contributed by atoms with Crippen LogP contribution in [0.25, 0.3) is 0 Å². The zero-order chi connectivity index (χ0) is 13.2. The van der Waals surface area contributed by atoms with E-state index in [2.05, 4.69) is 0 Å². The van der Waals surface area contributed by atoms with Gasteiger partial charge in [-0.05, 0) is 31.9 Å². The Kier molecular flexibility index (Phi) is 3.82. The van der Waals surface area contributed by atoms with Gasteiger partial charge in [-0.15, -0.1) is 0 Å². The number of aldehydes is 1. The molecule has 1 aliphatic rings. The molecule has 0 radical (unpaired) electrons. The van der Waals surface area contributed by atoms with Crippen LogP contribution in [-0.4, -0.2) is 32.1 Å². The number of carbonyl (C=O) groups is 1. The first-order valence-electron chi connectivity index (χ1n) is 6.06. The van der Waals surface area contributed by atoms with E-state index in [9.17, 15) is 13.2 Å². The number of sulfonamides is 1. The fraction of sp³-hybridized carbons (Fsp3) is 0.462. The van der Waals surface area contributed by atoms with Crippen molar-refractivity contribution in [2.24, 2.45) is 5.92 Å². The average Bonchev–Trinajstić information content (AvgIpc) is 2.39. The second kappa shape index (κ2) is 5.20. The van der Waals surface area contributed by atoms with Gasteiger partial charge in [0.15, 0.2) is 0 Å². The van der Waals surface area contributed by atoms with E-state index in [1.165, 1.54) is 4.31 Å². The Balaban J connectivity index is 2.17. The van der Waals surface area contributed by atoms with Crippen LogP contribution in [0.2, 0.25) is 0 Å². The largest absolute Gasteiger partial charge is 0.303 e. The number of carbonyl (C=O) groups excluding carboxylic acids is 1. The standard InChI is InChI=1S/C13H17NO3S/c1-11-2-4-13(5-3-11)18(16,17)14-8-6-12(10-15)7-9-14/h2-5,10,12H,6-9H2,1H3. The second-order valence-corrected chi connectivity index (χ2v) is 6.63. The molecule has 0 spiro atoms. The van der Waals surface area contributed by atoms with Crippen LogP contribution in [-0.2, 0) is 14.8 Å². The molecule has 18 heavy (non-hydrogen) atoms. The lowest BCUT2D eigenvalue weighted by atomic mass is 10.0. The summed E-state index contributed by atoms with van der Waals surface area (Å²) in [6, 6.07) is 6.86. The van der Waals surface area contributed by atoms with Crippen molar-refractivity contribution < 1.29 is 13.2 Å². The highest BCUT2D eigenvalue weighted by Crippen LogP contribution is 2.22. The molecule has 0 atom stereocenters. The molecule has 0 aromatic heterocycles. The second-order valence-electron chi connectivity index (χ2n) is 4.69. The molecule has 1 heterocycles. The highest BCUT2D eigenvalue weighted by atomic mass is 32.2. The van der Waals surface area contributed by atoms with E-state index in [0.29, 0.717) is 30.8 Å². The van der Waals surface area contributed by atoms with Crippen LogP contribution in [0.15, 0.2) is 29.2 Å². The summed E-state index contributed by atoms with van der Waals surface area (Å²) in [4.78, 5) is 11.0. The maximum atomic E-state index is 12.3. The lowest BCUT2D eigenvalue weighted by Crippen LogP contribution is -2.38. The van der Waals surface area contributed by atoms with Gasteiger partial charge in [0.1, 0.15) is 6.29 Å². The summed E-state index contributed by atoms with van der Waals surface area (Å²) in [6.45, 7) is 2.78. The molecule has 1 aromatic rings. The van der Waals surface area contributed by atoms with E-state index >= 15 is 0 Å². The summed E-state index contributed by atoms with van der Waals surface area (Å²) >= 11 is 0. The van der Waals surface area contributed by atoms with E-state index in [4.69, 9.17) is 0 Å². The van der Waals surface area contributed by atoms with Gasteiger partial charge in [-0.2, -0.15) is 4.31 Å². The van der Waals surface area contributed by atoms with E-state index in [-0.39, 0.29) is 5.92 Å². The van der Waals surface area contributed by atoms with Crippen molar-refractivity contribution in [2.45, 2.75) is 24.7 Å². The molecule has 0 saturated carbocycles. The molecular weight excluding hydrogens is 250 g/mol. The van der Waals surface area contributed by atoms with E-state index in [1.54, 1.807) is 24.3 Å².